The van der Waals surface area contributed by atoms with E-state index in [4.69, 9.17) is 14.2 Å². The molecule has 2 aromatic rings. The highest BCUT2D eigenvalue weighted by atomic mass is 16.5. The van der Waals surface area contributed by atoms with Crippen LogP contribution >= 0.6 is 0 Å². The highest BCUT2D eigenvalue weighted by molar-refractivity contribution is 5.94. The van der Waals surface area contributed by atoms with Crippen LogP contribution in [0.15, 0.2) is 42.5 Å². The summed E-state index contributed by atoms with van der Waals surface area (Å²) < 4.78 is 16.5. The number of benzene rings is 2. The van der Waals surface area contributed by atoms with Crippen LogP contribution in [0.1, 0.15) is 53.0 Å². The molecule has 1 aliphatic heterocycles. The van der Waals surface area contributed by atoms with E-state index < -0.39 is 5.97 Å². The summed E-state index contributed by atoms with van der Waals surface area (Å²) in [6, 6.07) is 12.2. The lowest BCUT2D eigenvalue weighted by molar-refractivity contribution is 0.0471. The molecule has 1 aliphatic rings. The molecule has 1 heterocycles. The Bertz CT molecular complexity index is 841. The summed E-state index contributed by atoms with van der Waals surface area (Å²) in [7, 11) is 0. The molecule has 0 saturated carbocycles. The quantitative estimate of drug-likeness (QED) is 0.628. The van der Waals surface area contributed by atoms with Crippen LogP contribution in [0.3, 0.4) is 0 Å². The molecule has 0 radical (unpaired) electrons. The van der Waals surface area contributed by atoms with Gasteiger partial charge in [-0.15, -0.1) is 0 Å². The van der Waals surface area contributed by atoms with Gasteiger partial charge in [-0.2, -0.15) is 0 Å². The van der Waals surface area contributed by atoms with Gasteiger partial charge in [0.1, 0.15) is 6.61 Å². The van der Waals surface area contributed by atoms with Gasteiger partial charge in [0.05, 0.1) is 18.8 Å². The standard InChI is InChI=1S/C23H27NO5/c1-3-27-20-12-11-19(15-21(20)28-4-2)23(26)29-16-17-7-9-18(10-8-17)22(25)24-13-5-6-14-24/h7-12,15H,3-6,13-14,16H2,1-2H3. The van der Waals surface area contributed by atoms with Gasteiger partial charge in [-0.1, -0.05) is 12.1 Å². The Hall–Kier alpha value is -3.02. The minimum absolute atomic E-state index is 0.0592. The molecule has 1 saturated heterocycles. The van der Waals surface area contributed by atoms with Crippen molar-refractivity contribution < 1.29 is 23.8 Å². The van der Waals surface area contributed by atoms with E-state index in [-0.39, 0.29) is 12.5 Å². The molecule has 0 aromatic heterocycles. The SMILES string of the molecule is CCOc1ccc(C(=O)OCc2ccc(C(=O)N3CCCC3)cc2)cc1OCC. The Morgan fingerprint density at radius 1 is 0.862 bits per heavy atom. The number of nitrogens with zero attached hydrogens (tertiary/aromatic N) is 1. The first-order valence-electron chi connectivity index (χ1n) is 10.1. The number of amides is 1. The second kappa shape index (κ2) is 9.96. The highest BCUT2D eigenvalue weighted by Gasteiger charge is 2.19. The average Bonchev–Trinajstić information content (AvgIpc) is 3.28. The van der Waals surface area contributed by atoms with E-state index in [0.717, 1.165) is 31.5 Å². The topological polar surface area (TPSA) is 65.1 Å². The normalized spacial score (nSPS) is 13.2. The first-order valence-corrected chi connectivity index (χ1v) is 10.1. The van der Waals surface area contributed by atoms with Crippen LogP contribution in [-0.2, 0) is 11.3 Å². The lowest BCUT2D eigenvalue weighted by atomic mass is 10.1. The monoisotopic (exact) mass is 397 g/mol. The molecule has 1 amide bonds. The van der Waals surface area contributed by atoms with Crippen molar-refractivity contribution in [2.24, 2.45) is 0 Å². The van der Waals surface area contributed by atoms with Crippen molar-refractivity contribution in [2.75, 3.05) is 26.3 Å². The number of hydrogen-bond acceptors (Lipinski definition) is 5. The Kier molecular flexibility index (Phi) is 7.11. The number of hydrogen-bond donors (Lipinski definition) is 0. The van der Waals surface area contributed by atoms with Crippen molar-refractivity contribution >= 4 is 11.9 Å². The van der Waals surface area contributed by atoms with Gasteiger partial charge in [0, 0.05) is 18.7 Å². The Labute approximate surface area is 171 Å². The van der Waals surface area contributed by atoms with Crippen molar-refractivity contribution in [3.8, 4) is 11.5 Å². The molecule has 0 unspecified atom stereocenters. The zero-order valence-electron chi connectivity index (χ0n) is 17.0. The summed E-state index contributed by atoms with van der Waals surface area (Å²) in [5.74, 6) is 0.743. The Morgan fingerprint density at radius 2 is 1.48 bits per heavy atom. The molecule has 29 heavy (non-hydrogen) atoms. The van der Waals surface area contributed by atoms with Gasteiger partial charge in [-0.05, 0) is 62.6 Å². The second-order valence-corrected chi connectivity index (χ2v) is 6.80. The van der Waals surface area contributed by atoms with Gasteiger partial charge < -0.3 is 19.1 Å². The zero-order chi connectivity index (χ0) is 20.6. The zero-order valence-corrected chi connectivity index (χ0v) is 17.0. The Morgan fingerprint density at radius 3 is 2.14 bits per heavy atom. The van der Waals surface area contributed by atoms with Crippen molar-refractivity contribution in [3.63, 3.8) is 0 Å². The van der Waals surface area contributed by atoms with E-state index in [1.165, 1.54) is 0 Å². The fraction of sp³-hybridized carbons (Fsp3) is 0.391. The predicted molar refractivity (Wildman–Crippen MR) is 109 cm³/mol. The van der Waals surface area contributed by atoms with Gasteiger partial charge >= 0.3 is 5.97 Å². The molecule has 2 aromatic carbocycles. The summed E-state index contributed by atoms with van der Waals surface area (Å²) in [6.07, 6.45) is 2.13. The van der Waals surface area contributed by atoms with Crippen molar-refractivity contribution in [3.05, 3.63) is 59.2 Å². The lowest BCUT2D eigenvalue weighted by Gasteiger charge is -2.15. The third-order valence-corrected chi connectivity index (χ3v) is 4.74. The van der Waals surface area contributed by atoms with Crippen LogP contribution in [0, 0.1) is 0 Å². The molecule has 1 fully saturated rings. The van der Waals surface area contributed by atoms with E-state index in [1.807, 2.05) is 30.9 Å². The van der Waals surface area contributed by atoms with Crippen LogP contribution in [0.25, 0.3) is 0 Å². The van der Waals surface area contributed by atoms with E-state index in [2.05, 4.69) is 0 Å². The third-order valence-electron chi connectivity index (χ3n) is 4.74. The fourth-order valence-electron chi connectivity index (χ4n) is 3.26. The maximum atomic E-state index is 12.4. The molecular weight excluding hydrogens is 370 g/mol. The van der Waals surface area contributed by atoms with Crippen molar-refractivity contribution in [2.45, 2.75) is 33.3 Å². The van der Waals surface area contributed by atoms with Gasteiger partial charge in [0.25, 0.3) is 5.91 Å². The van der Waals surface area contributed by atoms with Crippen LogP contribution < -0.4 is 9.47 Å². The van der Waals surface area contributed by atoms with Crippen LogP contribution in [0.2, 0.25) is 0 Å². The number of carbonyl (C=O) groups excluding carboxylic acids is 2. The van der Waals surface area contributed by atoms with Crippen LogP contribution in [0.5, 0.6) is 11.5 Å². The molecule has 6 heteroatoms. The molecule has 6 nitrogen and oxygen atoms in total. The van der Waals surface area contributed by atoms with E-state index in [0.29, 0.717) is 35.8 Å². The summed E-state index contributed by atoms with van der Waals surface area (Å²) in [6.45, 7) is 6.53. The number of ether oxygens (including phenoxy) is 3. The smallest absolute Gasteiger partial charge is 0.338 e. The minimum atomic E-state index is -0.439. The molecule has 154 valence electrons. The maximum Gasteiger partial charge on any atom is 0.338 e. The highest BCUT2D eigenvalue weighted by Crippen LogP contribution is 2.29. The molecule has 0 atom stereocenters. The summed E-state index contributed by atoms with van der Waals surface area (Å²) in [4.78, 5) is 26.7. The molecule has 0 N–H and O–H groups in total. The van der Waals surface area contributed by atoms with Crippen LogP contribution in [0.4, 0.5) is 0 Å². The van der Waals surface area contributed by atoms with Gasteiger partial charge in [0.15, 0.2) is 11.5 Å². The molecule has 0 bridgehead atoms. The molecule has 0 spiro atoms. The van der Waals surface area contributed by atoms with Crippen LogP contribution in [-0.4, -0.2) is 43.1 Å². The second-order valence-electron chi connectivity index (χ2n) is 6.80. The Balaban J connectivity index is 1.60. The molecule has 3 rings (SSSR count). The lowest BCUT2D eigenvalue weighted by Crippen LogP contribution is -2.27. The third kappa shape index (κ3) is 5.28. The minimum Gasteiger partial charge on any atom is -0.490 e. The number of likely N-dealkylation sites (tertiary alicyclic amines) is 1. The van der Waals surface area contributed by atoms with Gasteiger partial charge in [-0.25, -0.2) is 4.79 Å². The summed E-state index contributed by atoms with van der Waals surface area (Å²) in [5.41, 5.74) is 1.89. The number of rotatable bonds is 8. The van der Waals surface area contributed by atoms with Crippen molar-refractivity contribution in [1.29, 1.82) is 0 Å². The maximum absolute atomic E-state index is 12.4. The molecular formula is C23H27NO5. The number of esters is 1. The largest absolute Gasteiger partial charge is 0.490 e. The average molecular weight is 397 g/mol. The van der Waals surface area contributed by atoms with E-state index in [9.17, 15) is 9.59 Å². The van der Waals surface area contributed by atoms with E-state index in [1.54, 1.807) is 30.3 Å². The van der Waals surface area contributed by atoms with E-state index >= 15 is 0 Å². The first kappa shape index (κ1) is 20.7. The summed E-state index contributed by atoms with van der Waals surface area (Å²) in [5, 5.41) is 0. The first-order chi connectivity index (χ1) is 14.1. The molecule has 0 aliphatic carbocycles. The van der Waals surface area contributed by atoms with Gasteiger partial charge in [0.2, 0.25) is 0 Å². The summed E-state index contributed by atoms with van der Waals surface area (Å²) >= 11 is 0. The van der Waals surface area contributed by atoms with Crippen molar-refractivity contribution in [1.82, 2.24) is 4.90 Å². The number of carbonyl (C=O) groups is 2. The van der Waals surface area contributed by atoms with Gasteiger partial charge in [-0.3, -0.25) is 4.79 Å². The predicted octanol–water partition coefficient (Wildman–Crippen LogP) is 4.08. The fourth-order valence-corrected chi connectivity index (χ4v) is 3.26.